The van der Waals surface area contributed by atoms with E-state index >= 15 is 0 Å². The lowest BCUT2D eigenvalue weighted by molar-refractivity contribution is -0.910. The van der Waals surface area contributed by atoms with Gasteiger partial charge in [0.25, 0.3) is 0 Å². The first-order chi connectivity index (χ1) is 6.68. The van der Waals surface area contributed by atoms with Crippen molar-refractivity contribution in [1.82, 2.24) is 0 Å². The number of hydrogen-bond acceptors (Lipinski definition) is 0. The fraction of sp³-hybridized carbons (Fsp3) is 1.00. The van der Waals surface area contributed by atoms with E-state index in [-0.39, 0.29) is 0 Å². The summed E-state index contributed by atoms with van der Waals surface area (Å²) in [6.07, 6.45) is 8.22. The van der Waals surface area contributed by atoms with Crippen molar-refractivity contribution in [2.45, 2.75) is 59.3 Å². The maximum absolute atomic E-state index is 2.44. The molecule has 0 aromatic rings. The predicted molar refractivity (Wildman–Crippen MR) is 65.5 cm³/mol. The summed E-state index contributed by atoms with van der Waals surface area (Å²) in [7, 11) is 2.44. The van der Waals surface area contributed by atoms with Crippen molar-refractivity contribution in [3.63, 3.8) is 0 Å². The zero-order chi connectivity index (χ0) is 10.9. The van der Waals surface area contributed by atoms with E-state index in [1.807, 2.05) is 0 Å². The van der Waals surface area contributed by atoms with Crippen LogP contribution in [0.1, 0.15) is 59.3 Å². The molecule has 14 heavy (non-hydrogen) atoms. The Morgan fingerprint density at radius 3 is 1.71 bits per heavy atom. The largest absolute Gasteiger partial charge is 0.326 e. The number of unbranched alkanes of at least 4 members (excludes halogenated alkanes) is 3. The van der Waals surface area contributed by atoms with E-state index in [4.69, 9.17) is 0 Å². The SMILES string of the molecule is CCCCC[N+](C)(CCC)CCCC. The van der Waals surface area contributed by atoms with Crippen molar-refractivity contribution in [2.75, 3.05) is 26.7 Å². The van der Waals surface area contributed by atoms with Crippen LogP contribution < -0.4 is 0 Å². The third-order valence-corrected chi connectivity index (χ3v) is 3.12. The molecule has 0 saturated carbocycles. The van der Waals surface area contributed by atoms with Crippen molar-refractivity contribution in [3.8, 4) is 0 Å². The molecule has 0 heterocycles. The van der Waals surface area contributed by atoms with Crippen LogP contribution >= 0.6 is 0 Å². The van der Waals surface area contributed by atoms with Crippen molar-refractivity contribution >= 4 is 0 Å². The molecule has 1 atom stereocenters. The molecule has 0 aromatic carbocycles. The fourth-order valence-corrected chi connectivity index (χ4v) is 2.16. The lowest BCUT2D eigenvalue weighted by Crippen LogP contribution is -2.46. The van der Waals surface area contributed by atoms with Crippen molar-refractivity contribution in [1.29, 1.82) is 0 Å². The first-order valence-corrected chi connectivity index (χ1v) is 6.52. The standard InChI is InChI=1S/C13H30N/c1-5-8-10-13-14(4,11-7-3)12-9-6-2/h5-13H2,1-4H3/q+1. The first kappa shape index (κ1) is 14.0. The van der Waals surface area contributed by atoms with E-state index in [1.54, 1.807) is 0 Å². The molecule has 0 bridgehead atoms. The highest BCUT2D eigenvalue weighted by Gasteiger charge is 2.18. The summed E-state index contributed by atoms with van der Waals surface area (Å²) < 4.78 is 1.31. The molecule has 0 aromatic heterocycles. The molecule has 0 spiro atoms. The average Bonchev–Trinajstić information content (AvgIpc) is 2.16. The van der Waals surface area contributed by atoms with Crippen molar-refractivity contribution in [2.24, 2.45) is 0 Å². The van der Waals surface area contributed by atoms with Gasteiger partial charge in [-0.2, -0.15) is 0 Å². The Kier molecular flexibility index (Phi) is 8.26. The van der Waals surface area contributed by atoms with Crippen LogP contribution in [0.25, 0.3) is 0 Å². The van der Waals surface area contributed by atoms with Crippen LogP contribution in [-0.2, 0) is 0 Å². The second kappa shape index (κ2) is 8.28. The van der Waals surface area contributed by atoms with E-state index in [9.17, 15) is 0 Å². The Balaban J connectivity index is 3.82. The Labute approximate surface area is 91.1 Å². The Morgan fingerprint density at radius 1 is 0.643 bits per heavy atom. The van der Waals surface area contributed by atoms with Gasteiger partial charge in [-0.3, -0.25) is 0 Å². The van der Waals surface area contributed by atoms with Gasteiger partial charge < -0.3 is 4.48 Å². The highest BCUT2D eigenvalue weighted by Crippen LogP contribution is 2.10. The van der Waals surface area contributed by atoms with Crippen LogP contribution in [0.3, 0.4) is 0 Å². The lowest BCUT2D eigenvalue weighted by atomic mass is 10.2. The molecule has 1 heteroatoms. The van der Waals surface area contributed by atoms with Crippen LogP contribution in [0.4, 0.5) is 0 Å². The average molecular weight is 200 g/mol. The van der Waals surface area contributed by atoms with Crippen LogP contribution in [0.15, 0.2) is 0 Å². The molecule has 0 fully saturated rings. The monoisotopic (exact) mass is 200 g/mol. The number of hydrogen-bond donors (Lipinski definition) is 0. The quantitative estimate of drug-likeness (QED) is 0.392. The summed E-state index contributed by atoms with van der Waals surface area (Å²) in [6, 6.07) is 0. The van der Waals surface area contributed by atoms with Gasteiger partial charge in [-0.05, 0) is 25.7 Å². The van der Waals surface area contributed by atoms with Crippen LogP contribution in [0.2, 0.25) is 0 Å². The Hall–Kier alpha value is -0.0400. The minimum absolute atomic E-state index is 1.31. The molecule has 1 nitrogen and oxygen atoms in total. The normalized spacial score (nSPS) is 15.4. The predicted octanol–water partition coefficient (Wildman–Crippen LogP) is 3.83. The molecular formula is C13H30N+. The summed E-state index contributed by atoms with van der Waals surface area (Å²) >= 11 is 0. The molecule has 0 rings (SSSR count). The molecule has 0 N–H and O–H groups in total. The number of nitrogens with zero attached hydrogens (tertiary/aromatic N) is 1. The maximum Gasteiger partial charge on any atom is 0.0784 e. The van der Waals surface area contributed by atoms with Gasteiger partial charge >= 0.3 is 0 Å². The highest BCUT2D eigenvalue weighted by molar-refractivity contribution is 4.43. The van der Waals surface area contributed by atoms with Gasteiger partial charge in [0.05, 0.1) is 26.7 Å². The second-order valence-electron chi connectivity index (χ2n) is 4.85. The van der Waals surface area contributed by atoms with E-state index < -0.39 is 0 Å². The zero-order valence-electron chi connectivity index (χ0n) is 10.8. The van der Waals surface area contributed by atoms with E-state index in [1.165, 1.54) is 62.6 Å². The summed E-state index contributed by atoms with van der Waals surface area (Å²) in [5.41, 5.74) is 0. The maximum atomic E-state index is 2.44. The third kappa shape index (κ3) is 6.42. The van der Waals surface area contributed by atoms with E-state index in [2.05, 4.69) is 27.8 Å². The van der Waals surface area contributed by atoms with Crippen molar-refractivity contribution < 1.29 is 4.48 Å². The molecule has 0 aliphatic rings. The molecule has 86 valence electrons. The van der Waals surface area contributed by atoms with Crippen LogP contribution in [0, 0.1) is 0 Å². The Bertz CT molecular complexity index is 122. The van der Waals surface area contributed by atoms with Gasteiger partial charge in [-0.15, -0.1) is 0 Å². The third-order valence-electron chi connectivity index (χ3n) is 3.12. The van der Waals surface area contributed by atoms with Gasteiger partial charge in [0.1, 0.15) is 0 Å². The summed E-state index contributed by atoms with van der Waals surface area (Å²) in [5.74, 6) is 0. The molecule has 0 amide bonds. The molecular weight excluding hydrogens is 170 g/mol. The van der Waals surface area contributed by atoms with Crippen LogP contribution in [-0.4, -0.2) is 31.2 Å². The lowest BCUT2D eigenvalue weighted by Gasteiger charge is -2.34. The minimum atomic E-state index is 1.31. The zero-order valence-corrected chi connectivity index (χ0v) is 10.8. The molecule has 0 radical (unpaired) electrons. The molecule has 0 aliphatic carbocycles. The van der Waals surface area contributed by atoms with Crippen LogP contribution in [0.5, 0.6) is 0 Å². The van der Waals surface area contributed by atoms with Gasteiger partial charge in [0.2, 0.25) is 0 Å². The summed E-state index contributed by atoms with van der Waals surface area (Å²) in [5, 5.41) is 0. The van der Waals surface area contributed by atoms with Gasteiger partial charge in [-0.1, -0.05) is 33.6 Å². The Morgan fingerprint density at radius 2 is 1.21 bits per heavy atom. The van der Waals surface area contributed by atoms with E-state index in [0.717, 1.165) is 0 Å². The summed E-state index contributed by atoms with van der Waals surface area (Å²) in [4.78, 5) is 0. The van der Waals surface area contributed by atoms with Gasteiger partial charge in [0, 0.05) is 0 Å². The van der Waals surface area contributed by atoms with Crippen molar-refractivity contribution in [3.05, 3.63) is 0 Å². The highest BCUT2D eigenvalue weighted by atomic mass is 15.3. The number of rotatable bonds is 9. The molecule has 0 aliphatic heterocycles. The van der Waals surface area contributed by atoms with Gasteiger partial charge in [0.15, 0.2) is 0 Å². The molecule has 0 saturated heterocycles. The summed E-state index contributed by atoms with van der Waals surface area (Å²) in [6.45, 7) is 11.0. The smallest absolute Gasteiger partial charge is 0.0784 e. The number of quaternary nitrogens is 1. The minimum Gasteiger partial charge on any atom is -0.326 e. The first-order valence-electron chi connectivity index (χ1n) is 6.52. The molecule has 1 unspecified atom stereocenters. The fourth-order valence-electron chi connectivity index (χ4n) is 2.16. The topological polar surface area (TPSA) is 0 Å². The van der Waals surface area contributed by atoms with Gasteiger partial charge in [-0.25, -0.2) is 0 Å². The second-order valence-corrected chi connectivity index (χ2v) is 4.85. The van der Waals surface area contributed by atoms with E-state index in [0.29, 0.717) is 0 Å².